The number of amides is 1. The molecule has 1 amide bonds. The molecule has 2 aromatic carbocycles. The maximum atomic E-state index is 13.4. The lowest BCUT2D eigenvalue weighted by Gasteiger charge is -2.34. The molecule has 4 rings (SSSR count). The van der Waals surface area contributed by atoms with E-state index in [1.807, 2.05) is 4.90 Å². The molecule has 1 aliphatic carbocycles. The van der Waals surface area contributed by atoms with Crippen LogP contribution < -0.4 is 0 Å². The Morgan fingerprint density at radius 1 is 1.00 bits per heavy atom. The standard InChI is InChI=1S/C27H34N2O4S/c1-19(2)22-9-7-21(8-10-22)18-29(25-11-12-25)27(31)23-13-15-28(16-14-23)34(32,33)26-6-4-5-24(17-26)20(3)30/h4-10,17,19,23,25H,11-16,18H2,1-3H3. The van der Waals surface area contributed by atoms with Crippen molar-refractivity contribution in [2.24, 2.45) is 5.92 Å². The van der Waals surface area contributed by atoms with Gasteiger partial charge in [-0.3, -0.25) is 9.59 Å². The summed E-state index contributed by atoms with van der Waals surface area (Å²) in [5.41, 5.74) is 2.80. The molecule has 2 aromatic rings. The van der Waals surface area contributed by atoms with Gasteiger partial charge in [-0.2, -0.15) is 4.31 Å². The van der Waals surface area contributed by atoms with Gasteiger partial charge in [0.1, 0.15) is 0 Å². The maximum Gasteiger partial charge on any atom is 0.243 e. The van der Waals surface area contributed by atoms with Gasteiger partial charge in [-0.05, 0) is 61.8 Å². The molecule has 1 aliphatic heterocycles. The van der Waals surface area contributed by atoms with E-state index in [0.717, 1.165) is 18.4 Å². The van der Waals surface area contributed by atoms with Crippen molar-refractivity contribution in [2.45, 2.75) is 69.9 Å². The molecule has 1 saturated carbocycles. The van der Waals surface area contributed by atoms with Crippen molar-refractivity contribution < 1.29 is 18.0 Å². The van der Waals surface area contributed by atoms with E-state index >= 15 is 0 Å². The Bertz CT molecular complexity index is 1150. The SMILES string of the molecule is CC(=O)c1cccc(S(=O)(=O)N2CCC(C(=O)N(Cc3ccc(C(C)C)cc3)C3CC3)CC2)c1. The van der Waals surface area contributed by atoms with Crippen LogP contribution in [-0.4, -0.2) is 48.4 Å². The zero-order valence-electron chi connectivity index (χ0n) is 20.2. The van der Waals surface area contributed by atoms with Gasteiger partial charge in [0, 0.05) is 37.2 Å². The van der Waals surface area contributed by atoms with E-state index in [2.05, 4.69) is 38.1 Å². The molecule has 182 valence electrons. The number of benzene rings is 2. The van der Waals surface area contributed by atoms with Crippen LogP contribution >= 0.6 is 0 Å². The number of sulfonamides is 1. The first-order chi connectivity index (χ1) is 16.2. The second-order valence-corrected chi connectivity index (χ2v) is 11.8. The fraction of sp³-hybridized carbons (Fsp3) is 0.481. The Balaban J connectivity index is 1.41. The minimum absolute atomic E-state index is 0.134. The van der Waals surface area contributed by atoms with Crippen molar-refractivity contribution >= 4 is 21.7 Å². The zero-order valence-corrected chi connectivity index (χ0v) is 21.1. The van der Waals surface area contributed by atoms with Crippen molar-refractivity contribution in [3.05, 3.63) is 65.2 Å². The molecule has 0 unspecified atom stereocenters. The van der Waals surface area contributed by atoms with Crippen LogP contribution in [0.25, 0.3) is 0 Å². The topological polar surface area (TPSA) is 74.8 Å². The maximum absolute atomic E-state index is 13.4. The third kappa shape index (κ3) is 5.41. The summed E-state index contributed by atoms with van der Waals surface area (Å²) in [5.74, 6) is 0.290. The van der Waals surface area contributed by atoms with Crippen LogP contribution in [0.4, 0.5) is 0 Å². The van der Waals surface area contributed by atoms with Gasteiger partial charge < -0.3 is 4.90 Å². The number of carbonyl (C=O) groups is 2. The average Bonchev–Trinajstić information content (AvgIpc) is 3.68. The minimum Gasteiger partial charge on any atom is -0.335 e. The third-order valence-electron chi connectivity index (χ3n) is 6.95. The smallest absolute Gasteiger partial charge is 0.243 e. The Hall–Kier alpha value is -2.51. The predicted molar refractivity (Wildman–Crippen MR) is 132 cm³/mol. The van der Waals surface area contributed by atoms with Gasteiger partial charge in [-0.1, -0.05) is 50.2 Å². The molecule has 0 spiro atoms. The predicted octanol–water partition coefficient (Wildman–Crippen LogP) is 4.60. The van der Waals surface area contributed by atoms with E-state index in [9.17, 15) is 18.0 Å². The summed E-state index contributed by atoms with van der Waals surface area (Å²) in [6.45, 7) is 6.99. The second-order valence-electron chi connectivity index (χ2n) is 9.86. The first-order valence-electron chi connectivity index (χ1n) is 12.2. The van der Waals surface area contributed by atoms with Crippen LogP contribution in [0.2, 0.25) is 0 Å². The fourth-order valence-electron chi connectivity index (χ4n) is 4.58. The molecule has 2 aliphatic rings. The zero-order chi connectivity index (χ0) is 24.5. The van der Waals surface area contributed by atoms with E-state index in [1.165, 1.54) is 28.9 Å². The monoisotopic (exact) mass is 482 g/mol. The van der Waals surface area contributed by atoms with Crippen molar-refractivity contribution in [3.8, 4) is 0 Å². The molecule has 0 N–H and O–H groups in total. The summed E-state index contributed by atoms with van der Waals surface area (Å²) >= 11 is 0. The Kier molecular flexibility index (Phi) is 7.24. The molecule has 6 nitrogen and oxygen atoms in total. The van der Waals surface area contributed by atoms with E-state index in [-0.39, 0.29) is 22.5 Å². The summed E-state index contributed by atoms with van der Waals surface area (Å²) in [5, 5.41) is 0. The first kappa shape index (κ1) is 24.6. The van der Waals surface area contributed by atoms with E-state index < -0.39 is 10.0 Å². The molecule has 0 atom stereocenters. The number of rotatable bonds is 8. The number of ketones is 1. The number of piperidine rings is 1. The number of nitrogens with zero attached hydrogens (tertiary/aromatic N) is 2. The van der Waals surface area contributed by atoms with E-state index in [0.29, 0.717) is 50.0 Å². The van der Waals surface area contributed by atoms with Crippen LogP contribution in [0.1, 0.15) is 73.9 Å². The molecule has 1 heterocycles. The highest BCUT2D eigenvalue weighted by molar-refractivity contribution is 7.89. The Morgan fingerprint density at radius 2 is 1.65 bits per heavy atom. The summed E-state index contributed by atoms with van der Waals surface area (Å²) in [6, 6.07) is 15.0. The molecule has 7 heteroatoms. The van der Waals surface area contributed by atoms with E-state index in [1.54, 1.807) is 12.1 Å². The lowest BCUT2D eigenvalue weighted by molar-refractivity contribution is -0.138. The molecule has 2 fully saturated rings. The summed E-state index contributed by atoms with van der Waals surface area (Å²) < 4.78 is 27.7. The largest absolute Gasteiger partial charge is 0.335 e. The molecule has 34 heavy (non-hydrogen) atoms. The first-order valence-corrected chi connectivity index (χ1v) is 13.6. The van der Waals surface area contributed by atoms with Crippen LogP contribution in [0, 0.1) is 5.92 Å². The quantitative estimate of drug-likeness (QED) is 0.515. The average molecular weight is 483 g/mol. The second kappa shape index (κ2) is 10.0. The number of carbonyl (C=O) groups excluding carboxylic acids is 2. The van der Waals surface area contributed by atoms with Crippen LogP contribution in [-0.2, 0) is 21.4 Å². The molecular formula is C27H34N2O4S. The number of hydrogen-bond donors (Lipinski definition) is 0. The van der Waals surface area contributed by atoms with Crippen molar-refractivity contribution in [1.82, 2.24) is 9.21 Å². The van der Waals surface area contributed by atoms with E-state index in [4.69, 9.17) is 0 Å². The lowest BCUT2D eigenvalue weighted by Crippen LogP contribution is -2.44. The minimum atomic E-state index is -3.69. The molecule has 0 aromatic heterocycles. The molecule has 0 bridgehead atoms. The highest BCUT2D eigenvalue weighted by Crippen LogP contribution is 2.33. The van der Waals surface area contributed by atoms with Crippen molar-refractivity contribution in [3.63, 3.8) is 0 Å². The lowest BCUT2D eigenvalue weighted by atomic mass is 9.96. The fourth-order valence-corrected chi connectivity index (χ4v) is 6.10. The van der Waals surface area contributed by atoms with Crippen molar-refractivity contribution in [1.29, 1.82) is 0 Å². The number of hydrogen-bond acceptors (Lipinski definition) is 4. The van der Waals surface area contributed by atoms with Gasteiger partial charge in [0.2, 0.25) is 15.9 Å². The van der Waals surface area contributed by atoms with Crippen LogP contribution in [0.3, 0.4) is 0 Å². The normalized spacial score (nSPS) is 17.6. The van der Waals surface area contributed by atoms with Gasteiger partial charge in [0.05, 0.1) is 4.90 Å². The van der Waals surface area contributed by atoms with Gasteiger partial charge in [0.15, 0.2) is 5.78 Å². The Morgan fingerprint density at radius 3 is 2.21 bits per heavy atom. The van der Waals surface area contributed by atoms with Gasteiger partial charge in [0.25, 0.3) is 0 Å². The summed E-state index contributed by atoms with van der Waals surface area (Å²) in [6.07, 6.45) is 3.10. The summed E-state index contributed by atoms with van der Waals surface area (Å²) in [4.78, 5) is 27.2. The highest BCUT2D eigenvalue weighted by Gasteiger charge is 2.38. The number of Topliss-reactive ketones (excluding diaryl/α,β-unsaturated/α-hetero) is 1. The van der Waals surface area contributed by atoms with Gasteiger partial charge >= 0.3 is 0 Å². The highest BCUT2D eigenvalue weighted by atomic mass is 32.2. The molecule has 1 saturated heterocycles. The van der Waals surface area contributed by atoms with Gasteiger partial charge in [-0.15, -0.1) is 0 Å². The van der Waals surface area contributed by atoms with Crippen LogP contribution in [0.15, 0.2) is 53.4 Å². The van der Waals surface area contributed by atoms with Crippen LogP contribution in [0.5, 0.6) is 0 Å². The van der Waals surface area contributed by atoms with Gasteiger partial charge in [-0.25, -0.2) is 8.42 Å². The third-order valence-corrected chi connectivity index (χ3v) is 8.85. The molecule has 0 radical (unpaired) electrons. The Labute approximate surface area is 203 Å². The summed E-state index contributed by atoms with van der Waals surface area (Å²) in [7, 11) is -3.69. The molecular weight excluding hydrogens is 448 g/mol. The van der Waals surface area contributed by atoms with Crippen molar-refractivity contribution in [2.75, 3.05) is 13.1 Å².